The van der Waals surface area contributed by atoms with E-state index in [1.807, 2.05) is 6.92 Å². The zero-order chi connectivity index (χ0) is 16.4. The van der Waals surface area contributed by atoms with Crippen LogP contribution < -0.4 is 10.5 Å². The fourth-order valence-corrected chi connectivity index (χ4v) is 3.04. The van der Waals surface area contributed by atoms with Gasteiger partial charge in [-0.2, -0.15) is 0 Å². The molecule has 0 aliphatic carbocycles. The lowest BCUT2D eigenvalue weighted by Gasteiger charge is -2.08. The third-order valence-electron chi connectivity index (χ3n) is 3.18. The van der Waals surface area contributed by atoms with Crippen LogP contribution in [-0.4, -0.2) is 18.6 Å². The molecular weight excluding hydrogens is 318 g/mol. The molecule has 0 bridgehead atoms. The van der Waals surface area contributed by atoms with Gasteiger partial charge in [0, 0.05) is 11.3 Å². The molecule has 0 amide bonds. The first-order valence-electron chi connectivity index (χ1n) is 6.70. The molecule has 0 unspecified atom stereocenters. The van der Waals surface area contributed by atoms with Gasteiger partial charge in [-0.25, -0.2) is 13.2 Å². The predicted molar refractivity (Wildman–Crippen MR) is 84.5 cm³/mol. The Hall–Kier alpha value is -2.87. The van der Waals surface area contributed by atoms with E-state index in [9.17, 15) is 13.2 Å². The maximum absolute atomic E-state index is 12.3. The number of nitrogens with one attached hydrogen (secondary N) is 2. The molecule has 3 aromatic rings. The first-order chi connectivity index (χ1) is 10.9. The van der Waals surface area contributed by atoms with Crippen molar-refractivity contribution < 1.29 is 12.9 Å². The zero-order valence-electron chi connectivity index (χ0n) is 12.1. The number of benzene rings is 2. The molecule has 1 aromatic heterocycles. The molecule has 8 heteroatoms. The monoisotopic (exact) mass is 331 g/mol. The largest absolute Gasteiger partial charge is 0.439 e. The molecule has 3 rings (SSSR count). The third-order valence-corrected chi connectivity index (χ3v) is 4.58. The highest BCUT2D eigenvalue weighted by atomic mass is 32.2. The van der Waals surface area contributed by atoms with Crippen molar-refractivity contribution in [3.8, 4) is 11.4 Å². The Morgan fingerprint density at radius 3 is 2.26 bits per heavy atom. The number of aromatic nitrogens is 2. The van der Waals surface area contributed by atoms with Crippen molar-refractivity contribution in [3.05, 3.63) is 64.6 Å². The summed E-state index contributed by atoms with van der Waals surface area (Å²) < 4.78 is 31.5. The van der Waals surface area contributed by atoms with E-state index in [1.165, 1.54) is 0 Å². The minimum Gasteiger partial charge on any atom is -0.296 e. The summed E-state index contributed by atoms with van der Waals surface area (Å²) in [6.45, 7) is 1.89. The van der Waals surface area contributed by atoms with Gasteiger partial charge in [-0.15, -0.1) is 0 Å². The number of hydrogen-bond donors (Lipinski definition) is 2. The van der Waals surface area contributed by atoms with Crippen molar-refractivity contribution in [2.45, 2.75) is 11.8 Å². The second-order valence-corrected chi connectivity index (χ2v) is 6.62. The van der Waals surface area contributed by atoms with Gasteiger partial charge in [0.1, 0.15) is 0 Å². The summed E-state index contributed by atoms with van der Waals surface area (Å²) >= 11 is 0. The first kappa shape index (κ1) is 15.0. The van der Waals surface area contributed by atoms with Crippen molar-refractivity contribution in [1.82, 2.24) is 10.1 Å². The Balaban J connectivity index is 1.82. The number of aryl methyl sites for hydroxylation is 1. The molecule has 0 saturated carbocycles. The second-order valence-electron chi connectivity index (χ2n) is 4.94. The smallest absolute Gasteiger partial charge is 0.296 e. The lowest BCUT2D eigenvalue weighted by atomic mass is 10.2. The Morgan fingerprint density at radius 2 is 1.70 bits per heavy atom. The summed E-state index contributed by atoms with van der Waals surface area (Å²) in [6, 6.07) is 13.0. The van der Waals surface area contributed by atoms with E-state index in [4.69, 9.17) is 0 Å². The quantitative estimate of drug-likeness (QED) is 0.762. The van der Waals surface area contributed by atoms with Gasteiger partial charge in [0.2, 0.25) is 0 Å². The molecule has 1 heterocycles. The molecule has 23 heavy (non-hydrogen) atoms. The molecule has 0 radical (unpaired) electrons. The maximum atomic E-state index is 12.3. The number of hydrogen-bond acceptors (Lipinski definition) is 5. The lowest BCUT2D eigenvalue weighted by molar-refractivity contribution is 0.388. The summed E-state index contributed by atoms with van der Waals surface area (Å²) in [5, 5.41) is 3.56. The molecule has 118 valence electrons. The van der Waals surface area contributed by atoms with Crippen LogP contribution in [0.2, 0.25) is 0 Å². The molecule has 0 aliphatic heterocycles. The van der Waals surface area contributed by atoms with Crippen LogP contribution in [0.1, 0.15) is 5.56 Å². The van der Waals surface area contributed by atoms with Gasteiger partial charge in [-0.05, 0) is 43.3 Å². The van der Waals surface area contributed by atoms with Crippen LogP contribution in [0.15, 0.2) is 62.7 Å². The summed E-state index contributed by atoms with van der Waals surface area (Å²) in [4.78, 5) is 13.5. The van der Waals surface area contributed by atoms with E-state index in [0.29, 0.717) is 11.3 Å². The highest BCUT2D eigenvalue weighted by molar-refractivity contribution is 7.92. The molecule has 2 N–H and O–H groups in total. The second kappa shape index (κ2) is 5.73. The number of nitrogens with zero attached hydrogens (tertiary/aromatic N) is 1. The van der Waals surface area contributed by atoms with Gasteiger partial charge in [0.25, 0.3) is 10.0 Å². The van der Waals surface area contributed by atoms with E-state index in [0.717, 1.165) is 5.56 Å². The zero-order valence-corrected chi connectivity index (χ0v) is 12.9. The van der Waals surface area contributed by atoms with E-state index in [2.05, 4.69) is 19.4 Å². The van der Waals surface area contributed by atoms with Crippen LogP contribution in [0.25, 0.3) is 11.4 Å². The van der Waals surface area contributed by atoms with Crippen LogP contribution in [0, 0.1) is 6.92 Å². The van der Waals surface area contributed by atoms with Crippen molar-refractivity contribution in [1.29, 1.82) is 0 Å². The Morgan fingerprint density at radius 1 is 1.04 bits per heavy atom. The molecule has 0 spiro atoms. The number of H-pyrrole nitrogens is 1. The molecule has 0 atom stereocenters. The predicted octanol–water partition coefficient (Wildman–Crippen LogP) is 2.14. The van der Waals surface area contributed by atoms with Gasteiger partial charge in [0.15, 0.2) is 5.82 Å². The molecule has 7 nitrogen and oxygen atoms in total. The number of sulfonamides is 1. The van der Waals surface area contributed by atoms with Gasteiger partial charge < -0.3 is 0 Å². The normalized spacial score (nSPS) is 11.3. The standard InChI is InChI=1S/C15H13N3O4S/c1-10-2-8-13(9-3-10)23(20,21)18-12-6-4-11(5-7-12)14-16-15(19)22-17-14/h2-9,18H,1H3,(H,16,17,19). The topological polar surface area (TPSA) is 105 Å². The number of aromatic amines is 1. The molecular formula is C15H13N3O4S. The van der Waals surface area contributed by atoms with Crippen LogP contribution in [0.4, 0.5) is 5.69 Å². The average Bonchev–Trinajstić information content (AvgIpc) is 2.95. The van der Waals surface area contributed by atoms with Crippen molar-refractivity contribution in [2.75, 3.05) is 4.72 Å². The van der Waals surface area contributed by atoms with Crippen LogP contribution in [0.3, 0.4) is 0 Å². The minimum atomic E-state index is -3.65. The summed E-state index contributed by atoms with van der Waals surface area (Å²) in [5.74, 6) is -0.368. The Kier molecular flexibility index (Phi) is 3.75. The molecule has 2 aromatic carbocycles. The fraction of sp³-hybridized carbons (Fsp3) is 0.0667. The average molecular weight is 331 g/mol. The van der Waals surface area contributed by atoms with Crippen molar-refractivity contribution in [2.24, 2.45) is 0 Å². The minimum absolute atomic E-state index is 0.188. The number of anilines is 1. The lowest BCUT2D eigenvalue weighted by Crippen LogP contribution is -2.12. The van der Waals surface area contributed by atoms with E-state index >= 15 is 0 Å². The van der Waals surface area contributed by atoms with E-state index < -0.39 is 15.8 Å². The summed E-state index contributed by atoms with van der Waals surface area (Å²) in [5.41, 5.74) is 1.99. The Bertz CT molecular complexity index is 971. The third kappa shape index (κ3) is 3.32. The summed E-state index contributed by atoms with van der Waals surface area (Å²) in [6.07, 6.45) is 0. The highest BCUT2D eigenvalue weighted by Crippen LogP contribution is 2.20. The summed E-state index contributed by atoms with van der Waals surface area (Å²) in [7, 11) is -3.65. The number of rotatable bonds is 4. The van der Waals surface area contributed by atoms with Crippen molar-refractivity contribution >= 4 is 15.7 Å². The van der Waals surface area contributed by atoms with Crippen LogP contribution in [-0.2, 0) is 10.0 Å². The Labute approximate surface area is 132 Å². The molecule has 0 aliphatic rings. The van der Waals surface area contributed by atoms with Crippen LogP contribution >= 0.6 is 0 Å². The fourth-order valence-electron chi connectivity index (χ4n) is 1.98. The van der Waals surface area contributed by atoms with Gasteiger partial charge in [-0.3, -0.25) is 14.2 Å². The highest BCUT2D eigenvalue weighted by Gasteiger charge is 2.14. The molecule has 0 fully saturated rings. The van der Waals surface area contributed by atoms with Gasteiger partial charge >= 0.3 is 5.76 Å². The maximum Gasteiger partial charge on any atom is 0.439 e. The van der Waals surface area contributed by atoms with Gasteiger partial charge in [0.05, 0.1) is 4.90 Å². The van der Waals surface area contributed by atoms with Gasteiger partial charge in [-0.1, -0.05) is 22.9 Å². The van der Waals surface area contributed by atoms with E-state index in [-0.39, 0.29) is 10.7 Å². The SMILES string of the molecule is Cc1ccc(S(=O)(=O)Nc2ccc(-c3noc(=O)[nH]3)cc2)cc1. The first-order valence-corrected chi connectivity index (χ1v) is 8.18. The van der Waals surface area contributed by atoms with E-state index in [1.54, 1.807) is 48.5 Å². The van der Waals surface area contributed by atoms with Crippen molar-refractivity contribution in [3.63, 3.8) is 0 Å². The molecule has 0 saturated heterocycles. The van der Waals surface area contributed by atoms with Crippen LogP contribution in [0.5, 0.6) is 0 Å².